The molecule has 0 aliphatic heterocycles. The Hall–Kier alpha value is -6.70. The van der Waals surface area contributed by atoms with Gasteiger partial charge in [0.05, 0.1) is 26.2 Å². The van der Waals surface area contributed by atoms with Crippen molar-refractivity contribution in [1.82, 2.24) is 0 Å². The first-order chi connectivity index (χ1) is 31.5. The number of anilines is 3. The fourth-order valence-electron chi connectivity index (χ4n) is 6.35. The molecule has 0 aliphatic rings. The summed E-state index contributed by atoms with van der Waals surface area (Å²) in [6, 6.07) is 27.1. The summed E-state index contributed by atoms with van der Waals surface area (Å²) in [5.74, 6) is 0. The highest BCUT2D eigenvalue weighted by Gasteiger charge is 2.18. The lowest BCUT2D eigenvalue weighted by Crippen LogP contribution is -2.11. The molecule has 0 bridgehead atoms. The van der Waals surface area contributed by atoms with Gasteiger partial charge in [-0.15, -0.1) is 0 Å². The molecule has 0 unspecified atom stereocenters. The molecular formula is C50H35N. The quantitative estimate of drug-likeness (QED) is 0.164. The van der Waals surface area contributed by atoms with Crippen LogP contribution >= 0.6 is 0 Å². The number of para-hydroxylation sites is 1. The van der Waals surface area contributed by atoms with Gasteiger partial charge in [-0.3, -0.25) is 0 Å². The second-order valence-electron chi connectivity index (χ2n) is 11.8. The van der Waals surface area contributed by atoms with Crippen LogP contribution in [0.1, 0.15) is 20.6 Å². The van der Waals surface area contributed by atoms with Crippen LogP contribution in [0.2, 0.25) is 0 Å². The smallest absolute Gasteiger partial charge is 0.0645 e. The van der Waals surface area contributed by atoms with Crippen molar-refractivity contribution in [3.05, 3.63) is 212 Å². The molecule has 9 aromatic carbocycles. The lowest BCUT2D eigenvalue weighted by atomic mass is 9.89. The van der Waals surface area contributed by atoms with Crippen LogP contribution in [-0.2, 0) is 0 Å². The summed E-state index contributed by atoms with van der Waals surface area (Å²) in [4.78, 5) is 1.61. The minimum atomic E-state index is -0.809. The van der Waals surface area contributed by atoms with Crippen LogP contribution < -0.4 is 4.90 Å². The Bertz CT molecular complexity index is 3420. The molecule has 0 atom stereocenters. The van der Waals surface area contributed by atoms with Gasteiger partial charge in [-0.2, -0.15) is 0 Å². The lowest BCUT2D eigenvalue weighted by Gasteiger charge is -2.28. The summed E-state index contributed by atoms with van der Waals surface area (Å²) < 4.78 is 135. The average Bonchev–Trinajstić information content (AvgIpc) is 3.34. The van der Waals surface area contributed by atoms with Crippen LogP contribution in [-0.4, -0.2) is 0 Å². The van der Waals surface area contributed by atoms with E-state index < -0.39 is 124 Å². The molecule has 0 saturated carbocycles. The van der Waals surface area contributed by atoms with Crippen LogP contribution in [0.4, 0.5) is 17.1 Å². The van der Waals surface area contributed by atoms with E-state index in [9.17, 15) is 6.85 Å². The van der Waals surface area contributed by atoms with Crippen LogP contribution in [0.5, 0.6) is 0 Å². The first-order valence-corrected chi connectivity index (χ1v) is 16.3. The van der Waals surface area contributed by atoms with Crippen LogP contribution in [0.3, 0.4) is 0 Å². The predicted octanol–water partition coefficient (Wildman–Crippen LogP) is 14.1. The maximum Gasteiger partial charge on any atom is 0.0645 e. The molecule has 51 heavy (non-hydrogen) atoms. The zero-order valence-corrected chi connectivity index (χ0v) is 27.0. The Morgan fingerprint density at radius 3 is 1.86 bits per heavy atom. The highest BCUT2D eigenvalue weighted by Crippen LogP contribution is 2.43. The van der Waals surface area contributed by atoms with Crippen molar-refractivity contribution in [3.63, 3.8) is 0 Å². The minimum Gasteiger partial charge on any atom is -0.310 e. The Balaban J connectivity index is 1.36. The fraction of sp³-hybridized carbons (Fsp3) is 0. The van der Waals surface area contributed by atoms with E-state index in [1.54, 1.807) is 17.0 Å². The third kappa shape index (κ3) is 5.86. The first-order valence-electron chi connectivity index (χ1n) is 23.8. The van der Waals surface area contributed by atoms with E-state index in [1.807, 2.05) is 103 Å². The number of nitrogens with zero attached hydrogens (tertiary/aromatic N) is 1. The molecule has 1 nitrogen and oxygen atoms in total. The van der Waals surface area contributed by atoms with Gasteiger partial charge in [-0.1, -0.05) is 176 Å². The Labute approximate surface area is 320 Å². The van der Waals surface area contributed by atoms with E-state index in [4.69, 9.17) is 13.7 Å². The fourth-order valence-corrected chi connectivity index (χ4v) is 6.35. The summed E-state index contributed by atoms with van der Waals surface area (Å²) in [5.41, 5.74) is 1.78. The second kappa shape index (κ2) is 13.3. The average molecular weight is 665 g/mol. The molecule has 0 aromatic heterocycles. The van der Waals surface area contributed by atoms with Gasteiger partial charge in [0, 0.05) is 16.9 Å². The van der Waals surface area contributed by atoms with Crippen LogP contribution in [0.15, 0.2) is 212 Å². The zero-order chi connectivity index (χ0) is 47.0. The SMILES string of the molecule is [2H]c1c([2H])c([2H])c(-c2c(-c3c([2H])c([2H])c(N(c4ccc(-c5ccc6ccccc6c5)cc4)c4ccccc4-c4ccccc4)c([2H])c3[2H])c([2H])c([2H])c3c([2H])c([2H])c([2H])c([2H])c23)c([2H])c1[2H]. The Kier molecular flexibility index (Phi) is 4.79. The molecule has 0 saturated heterocycles. The Morgan fingerprint density at radius 2 is 1.04 bits per heavy atom. The number of rotatable bonds is 7. The molecule has 0 radical (unpaired) electrons. The van der Waals surface area contributed by atoms with Gasteiger partial charge in [-0.05, 0) is 96.8 Å². The van der Waals surface area contributed by atoms with Crippen molar-refractivity contribution in [1.29, 1.82) is 0 Å². The summed E-state index contributed by atoms with van der Waals surface area (Å²) in [7, 11) is 0. The molecule has 1 heteroatoms. The normalized spacial score (nSPS) is 15.3. The van der Waals surface area contributed by atoms with Gasteiger partial charge in [0.1, 0.15) is 0 Å². The van der Waals surface area contributed by atoms with Crippen molar-refractivity contribution < 1.29 is 20.6 Å². The summed E-state index contributed by atoms with van der Waals surface area (Å²) >= 11 is 0. The number of benzene rings is 9. The lowest BCUT2D eigenvalue weighted by molar-refractivity contribution is 1.28. The second-order valence-corrected chi connectivity index (χ2v) is 11.8. The summed E-state index contributed by atoms with van der Waals surface area (Å²) in [6.07, 6.45) is 0. The van der Waals surface area contributed by atoms with Gasteiger partial charge in [0.15, 0.2) is 0 Å². The molecule has 0 amide bonds. The molecule has 0 aliphatic carbocycles. The molecule has 9 aromatic rings. The highest BCUT2D eigenvalue weighted by atomic mass is 15.1. The predicted molar refractivity (Wildman–Crippen MR) is 218 cm³/mol. The van der Waals surface area contributed by atoms with Crippen LogP contribution in [0.25, 0.3) is 66.1 Å². The third-order valence-corrected chi connectivity index (χ3v) is 8.77. The van der Waals surface area contributed by atoms with Crippen molar-refractivity contribution in [2.24, 2.45) is 0 Å². The van der Waals surface area contributed by atoms with E-state index in [0.717, 1.165) is 27.5 Å². The van der Waals surface area contributed by atoms with Crippen molar-refractivity contribution >= 4 is 38.6 Å². The topological polar surface area (TPSA) is 3.24 Å². The standard InChI is InChI=1S/C50H35N/c1-3-14-38(15-4-1)46-20-11-12-22-49(46)51(44-30-25-37(26-31-44)43-24-23-36-13-7-8-19-42(36)35-43)45-32-27-40(28-33-45)48-34-29-39-16-9-10-21-47(39)50(48)41-17-5-2-6-18-41/h1-35H/i2D,5D,6D,9D,10D,16D,17D,18D,21D,27D,28D,29D,32D,33D,34D. The van der Waals surface area contributed by atoms with Crippen molar-refractivity contribution in [2.45, 2.75) is 0 Å². The highest BCUT2D eigenvalue weighted by molar-refractivity contribution is 6.04. The van der Waals surface area contributed by atoms with Crippen molar-refractivity contribution in [3.8, 4) is 44.5 Å². The minimum absolute atomic E-state index is 0.194. The zero-order valence-electron chi connectivity index (χ0n) is 42.0. The maximum absolute atomic E-state index is 9.74. The number of fused-ring (bicyclic) bond motifs is 2. The Morgan fingerprint density at radius 1 is 0.353 bits per heavy atom. The summed E-state index contributed by atoms with van der Waals surface area (Å²) in [6.45, 7) is 0. The number of hydrogen-bond donors (Lipinski definition) is 0. The van der Waals surface area contributed by atoms with Gasteiger partial charge < -0.3 is 4.90 Å². The molecule has 0 N–H and O–H groups in total. The number of hydrogen-bond acceptors (Lipinski definition) is 1. The first kappa shape index (κ1) is 18.3. The van der Waals surface area contributed by atoms with E-state index in [1.165, 1.54) is 0 Å². The molecule has 240 valence electrons. The molecule has 0 fully saturated rings. The molecule has 9 rings (SSSR count). The van der Waals surface area contributed by atoms with E-state index in [-0.39, 0.29) is 5.69 Å². The van der Waals surface area contributed by atoms with Crippen molar-refractivity contribution in [2.75, 3.05) is 4.90 Å². The van der Waals surface area contributed by atoms with Gasteiger partial charge >= 0.3 is 0 Å². The monoisotopic (exact) mass is 664 g/mol. The largest absolute Gasteiger partial charge is 0.310 e. The maximum atomic E-state index is 9.74. The van der Waals surface area contributed by atoms with Gasteiger partial charge in [0.25, 0.3) is 0 Å². The van der Waals surface area contributed by atoms with E-state index >= 15 is 0 Å². The van der Waals surface area contributed by atoms with E-state index in [0.29, 0.717) is 16.9 Å². The third-order valence-electron chi connectivity index (χ3n) is 8.77. The summed E-state index contributed by atoms with van der Waals surface area (Å²) in [5, 5.41) is 1.16. The molecule has 0 spiro atoms. The molecular weight excluding hydrogens is 615 g/mol. The van der Waals surface area contributed by atoms with Gasteiger partial charge in [0.2, 0.25) is 0 Å². The molecule has 0 heterocycles. The van der Waals surface area contributed by atoms with Crippen LogP contribution in [0, 0.1) is 0 Å². The van der Waals surface area contributed by atoms with E-state index in [2.05, 4.69) is 6.07 Å². The van der Waals surface area contributed by atoms with Gasteiger partial charge in [-0.25, -0.2) is 0 Å².